The molecule has 0 aliphatic heterocycles. The normalized spacial score (nSPS) is 10.3. The highest BCUT2D eigenvalue weighted by molar-refractivity contribution is 7.80. The Morgan fingerprint density at radius 2 is 1.89 bits per heavy atom. The zero-order chi connectivity index (χ0) is 14.0. The summed E-state index contributed by atoms with van der Waals surface area (Å²) in [6, 6.07) is 10.7. The Hall–Kier alpha value is -1.94. The third-order valence-electron chi connectivity index (χ3n) is 3.05. The Labute approximate surface area is 117 Å². The van der Waals surface area contributed by atoms with Crippen molar-refractivity contribution in [1.82, 2.24) is 0 Å². The predicted molar refractivity (Wildman–Crippen MR) is 81.5 cm³/mol. The Morgan fingerprint density at radius 3 is 2.53 bits per heavy atom. The second kappa shape index (κ2) is 5.36. The van der Waals surface area contributed by atoms with Gasteiger partial charge in [0.2, 0.25) is 0 Å². The van der Waals surface area contributed by atoms with Crippen LogP contribution < -0.4 is 11.1 Å². The van der Waals surface area contributed by atoms with E-state index in [-0.39, 0.29) is 10.6 Å². The lowest BCUT2D eigenvalue weighted by molar-refractivity contribution is 0.626. The Kier molecular flexibility index (Phi) is 3.81. The van der Waals surface area contributed by atoms with Gasteiger partial charge in [0.25, 0.3) is 0 Å². The molecule has 0 radical (unpaired) electrons. The Morgan fingerprint density at radius 1 is 1.16 bits per heavy atom. The molecule has 19 heavy (non-hydrogen) atoms. The molecule has 2 aromatic rings. The first kappa shape index (κ1) is 13.5. The highest BCUT2D eigenvalue weighted by atomic mass is 32.1. The summed E-state index contributed by atoms with van der Waals surface area (Å²) in [6.07, 6.45) is 0. The number of rotatable bonds is 3. The van der Waals surface area contributed by atoms with Gasteiger partial charge in [-0.25, -0.2) is 4.39 Å². The topological polar surface area (TPSA) is 38.0 Å². The minimum absolute atomic E-state index is 0.0458. The second-order valence-electron chi connectivity index (χ2n) is 4.45. The summed E-state index contributed by atoms with van der Waals surface area (Å²) in [7, 11) is 0. The van der Waals surface area contributed by atoms with Crippen molar-refractivity contribution in [2.45, 2.75) is 13.8 Å². The summed E-state index contributed by atoms with van der Waals surface area (Å²) >= 11 is 4.90. The molecule has 4 heteroatoms. The number of anilines is 2. The fourth-order valence-corrected chi connectivity index (χ4v) is 2.06. The van der Waals surface area contributed by atoms with Gasteiger partial charge in [-0.15, -0.1) is 0 Å². The summed E-state index contributed by atoms with van der Waals surface area (Å²) in [5.41, 5.74) is 9.65. The highest BCUT2D eigenvalue weighted by Crippen LogP contribution is 2.24. The van der Waals surface area contributed by atoms with Crippen LogP contribution in [-0.2, 0) is 0 Å². The van der Waals surface area contributed by atoms with Crippen LogP contribution in [0, 0.1) is 19.7 Å². The van der Waals surface area contributed by atoms with Gasteiger partial charge in [-0.1, -0.05) is 24.4 Å². The van der Waals surface area contributed by atoms with Gasteiger partial charge in [-0.3, -0.25) is 0 Å². The van der Waals surface area contributed by atoms with E-state index in [2.05, 4.69) is 5.32 Å². The van der Waals surface area contributed by atoms with Crippen molar-refractivity contribution >= 4 is 28.6 Å². The van der Waals surface area contributed by atoms with E-state index in [4.69, 9.17) is 18.0 Å². The monoisotopic (exact) mass is 274 g/mol. The van der Waals surface area contributed by atoms with Crippen molar-refractivity contribution in [3.63, 3.8) is 0 Å². The van der Waals surface area contributed by atoms with E-state index in [0.29, 0.717) is 5.69 Å². The number of nitrogens with one attached hydrogen (secondary N) is 1. The molecule has 3 N–H and O–H groups in total. The molecule has 2 nitrogen and oxygen atoms in total. The summed E-state index contributed by atoms with van der Waals surface area (Å²) < 4.78 is 13.7. The molecule has 0 atom stereocenters. The SMILES string of the molecule is Cc1ccc(Nc2cccc(F)c2C(N)=S)cc1C. The van der Waals surface area contributed by atoms with E-state index in [1.807, 2.05) is 32.0 Å². The molecule has 0 aromatic heterocycles. The number of halogens is 1. The number of thiocarbonyl (C=S) groups is 1. The number of aryl methyl sites for hydroxylation is 2. The fraction of sp³-hybridized carbons (Fsp3) is 0.133. The maximum absolute atomic E-state index is 13.7. The van der Waals surface area contributed by atoms with Crippen molar-refractivity contribution in [3.05, 3.63) is 58.9 Å². The van der Waals surface area contributed by atoms with Gasteiger partial charge < -0.3 is 11.1 Å². The van der Waals surface area contributed by atoms with Gasteiger partial charge in [0.1, 0.15) is 10.8 Å². The van der Waals surface area contributed by atoms with E-state index in [0.717, 1.165) is 5.69 Å². The van der Waals surface area contributed by atoms with Crippen LogP contribution in [0.4, 0.5) is 15.8 Å². The second-order valence-corrected chi connectivity index (χ2v) is 4.89. The van der Waals surface area contributed by atoms with Gasteiger partial charge >= 0.3 is 0 Å². The molecule has 0 saturated heterocycles. The summed E-state index contributed by atoms with van der Waals surface area (Å²) in [4.78, 5) is 0.0458. The molecule has 0 spiro atoms. The molecular formula is C15H15FN2S. The Balaban J connectivity index is 2.40. The van der Waals surface area contributed by atoms with E-state index in [1.54, 1.807) is 12.1 Å². The molecule has 2 rings (SSSR count). The van der Waals surface area contributed by atoms with Gasteiger partial charge in [-0.05, 0) is 49.2 Å². The minimum Gasteiger partial charge on any atom is -0.389 e. The van der Waals surface area contributed by atoms with Crippen molar-refractivity contribution in [2.24, 2.45) is 5.73 Å². The third kappa shape index (κ3) is 2.90. The van der Waals surface area contributed by atoms with Crippen LogP contribution in [0.2, 0.25) is 0 Å². The van der Waals surface area contributed by atoms with Gasteiger partial charge in [0, 0.05) is 5.69 Å². The van der Waals surface area contributed by atoms with E-state index in [1.165, 1.54) is 17.2 Å². The number of nitrogens with two attached hydrogens (primary N) is 1. The molecular weight excluding hydrogens is 259 g/mol. The van der Waals surface area contributed by atoms with Crippen LogP contribution in [0.25, 0.3) is 0 Å². The van der Waals surface area contributed by atoms with Crippen LogP contribution in [0.15, 0.2) is 36.4 Å². The maximum Gasteiger partial charge on any atom is 0.135 e. The summed E-state index contributed by atoms with van der Waals surface area (Å²) in [5.74, 6) is -0.415. The van der Waals surface area contributed by atoms with Crippen LogP contribution >= 0.6 is 12.2 Å². The highest BCUT2D eigenvalue weighted by Gasteiger charge is 2.11. The van der Waals surface area contributed by atoms with E-state index in [9.17, 15) is 4.39 Å². The molecule has 98 valence electrons. The van der Waals surface area contributed by atoms with Crippen LogP contribution in [-0.4, -0.2) is 4.99 Å². The van der Waals surface area contributed by atoms with E-state index < -0.39 is 5.82 Å². The summed E-state index contributed by atoms with van der Waals surface area (Å²) in [5, 5.41) is 3.16. The smallest absolute Gasteiger partial charge is 0.135 e. The van der Waals surface area contributed by atoms with Crippen molar-refractivity contribution in [1.29, 1.82) is 0 Å². The van der Waals surface area contributed by atoms with Gasteiger partial charge in [0.15, 0.2) is 0 Å². The van der Waals surface area contributed by atoms with Crippen LogP contribution in [0.3, 0.4) is 0 Å². The van der Waals surface area contributed by atoms with Crippen LogP contribution in [0.5, 0.6) is 0 Å². The lowest BCUT2D eigenvalue weighted by atomic mass is 10.1. The molecule has 0 amide bonds. The Bertz CT molecular complexity index is 638. The van der Waals surface area contributed by atoms with Gasteiger partial charge in [-0.2, -0.15) is 0 Å². The van der Waals surface area contributed by atoms with E-state index >= 15 is 0 Å². The van der Waals surface area contributed by atoms with Crippen LogP contribution in [0.1, 0.15) is 16.7 Å². The quantitative estimate of drug-likeness (QED) is 0.836. The molecule has 0 aliphatic carbocycles. The molecule has 0 aliphatic rings. The lowest BCUT2D eigenvalue weighted by Crippen LogP contribution is -2.14. The molecule has 0 fully saturated rings. The van der Waals surface area contributed by atoms with Crippen molar-refractivity contribution < 1.29 is 4.39 Å². The molecule has 0 unspecified atom stereocenters. The predicted octanol–water partition coefficient (Wildman–Crippen LogP) is 3.82. The molecule has 0 bridgehead atoms. The van der Waals surface area contributed by atoms with Crippen molar-refractivity contribution in [3.8, 4) is 0 Å². The first-order valence-electron chi connectivity index (χ1n) is 5.91. The first-order valence-corrected chi connectivity index (χ1v) is 6.32. The third-order valence-corrected chi connectivity index (χ3v) is 3.25. The molecule has 0 saturated carbocycles. The van der Waals surface area contributed by atoms with Crippen molar-refractivity contribution in [2.75, 3.05) is 5.32 Å². The summed E-state index contributed by atoms with van der Waals surface area (Å²) in [6.45, 7) is 4.07. The number of hydrogen-bond acceptors (Lipinski definition) is 2. The molecule has 0 heterocycles. The first-order chi connectivity index (χ1) is 8.99. The zero-order valence-corrected chi connectivity index (χ0v) is 11.6. The number of hydrogen-bond donors (Lipinski definition) is 2. The maximum atomic E-state index is 13.7. The number of benzene rings is 2. The largest absolute Gasteiger partial charge is 0.389 e. The van der Waals surface area contributed by atoms with Gasteiger partial charge in [0.05, 0.1) is 11.3 Å². The lowest BCUT2D eigenvalue weighted by Gasteiger charge is -2.13. The standard InChI is InChI=1S/C15H15FN2S/c1-9-6-7-11(8-10(9)2)18-13-5-3-4-12(16)14(13)15(17)19/h3-8,18H,1-2H3,(H2,17,19). The minimum atomic E-state index is -0.415. The zero-order valence-electron chi connectivity index (χ0n) is 10.8. The molecule has 2 aromatic carbocycles. The average Bonchev–Trinajstić information content (AvgIpc) is 2.33. The average molecular weight is 274 g/mol. The fourth-order valence-electron chi connectivity index (χ4n) is 1.85.